The second kappa shape index (κ2) is 5.21. The summed E-state index contributed by atoms with van der Waals surface area (Å²) in [5, 5.41) is 4.72. The summed E-state index contributed by atoms with van der Waals surface area (Å²) >= 11 is 5.90. The number of amides is 1. The van der Waals surface area contributed by atoms with E-state index in [4.69, 9.17) is 11.6 Å². The van der Waals surface area contributed by atoms with Gasteiger partial charge in [-0.25, -0.2) is 5.43 Å². The Morgan fingerprint density at radius 3 is 3.05 bits per heavy atom. The summed E-state index contributed by atoms with van der Waals surface area (Å²) in [4.78, 5) is 12.2. The molecule has 2 fully saturated rings. The van der Waals surface area contributed by atoms with Gasteiger partial charge >= 0.3 is 0 Å². The molecule has 0 bridgehead atoms. The maximum absolute atomic E-state index is 12.2. The summed E-state index contributed by atoms with van der Waals surface area (Å²) in [6, 6.07) is 7.39. The first-order valence-corrected chi connectivity index (χ1v) is 7.57. The first-order valence-electron chi connectivity index (χ1n) is 7.20. The van der Waals surface area contributed by atoms with Gasteiger partial charge in [-0.15, -0.1) is 0 Å². The van der Waals surface area contributed by atoms with Crippen LogP contribution in [-0.2, 0) is 4.79 Å². The van der Waals surface area contributed by atoms with Gasteiger partial charge < -0.3 is 0 Å². The highest BCUT2D eigenvalue weighted by Gasteiger charge is 2.64. The normalized spacial score (nSPS) is 31.9. The Hall–Kier alpha value is -1.35. The SMILES string of the molecule is C[C@]12CCCC[C@H]1[C@@H]2C(=O)N/N=C\c1cccc(Cl)c1. The van der Waals surface area contributed by atoms with Crippen LogP contribution in [0.4, 0.5) is 0 Å². The molecule has 0 spiro atoms. The summed E-state index contributed by atoms with van der Waals surface area (Å²) in [5.41, 5.74) is 3.80. The number of benzene rings is 1. The largest absolute Gasteiger partial charge is 0.273 e. The quantitative estimate of drug-likeness (QED) is 0.670. The lowest BCUT2D eigenvalue weighted by Gasteiger charge is -2.15. The van der Waals surface area contributed by atoms with Crippen LogP contribution in [0, 0.1) is 17.3 Å². The van der Waals surface area contributed by atoms with Crippen molar-refractivity contribution in [1.82, 2.24) is 5.43 Å². The number of nitrogens with one attached hydrogen (secondary N) is 1. The minimum absolute atomic E-state index is 0.0673. The van der Waals surface area contributed by atoms with Crippen molar-refractivity contribution >= 4 is 23.7 Å². The monoisotopic (exact) mass is 290 g/mol. The molecule has 106 valence electrons. The molecule has 4 heteroatoms. The number of hydrogen-bond donors (Lipinski definition) is 1. The van der Waals surface area contributed by atoms with Gasteiger partial charge in [-0.3, -0.25) is 4.79 Å². The highest BCUT2D eigenvalue weighted by molar-refractivity contribution is 6.30. The van der Waals surface area contributed by atoms with Crippen LogP contribution in [0.1, 0.15) is 38.2 Å². The summed E-state index contributed by atoms with van der Waals surface area (Å²) in [6.07, 6.45) is 6.51. The van der Waals surface area contributed by atoms with Gasteiger partial charge in [0.25, 0.3) is 0 Å². The van der Waals surface area contributed by atoms with Crippen molar-refractivity contribution in [3.05, 3.63) is 34.9 Å². The molecule has 3 atom stereocenters. The first-order chi connectivity index (χ1) is 9.61. The van der Waals surface area contributed by atoms with Crippen LogP contribution in [0.15, 0.2) is 29.4 Å². The zero-order chi connectivity index (χ0) is 14.2. The Kier molecular flexibility index (Phi) is 3.55. The predicted molar refractivity (Wildman–Crippen MR) is 80.7 cm³/mol. The van der Waals surface area contributed by atoms with Crippen molar-refractivity contribution in [1.29, 1.82) is 0 Å². The number of carbonyl (C=O) groups excluding carboxylic acids is 1. The highest BCUT2D eigenvalue weighted by atomic mass is 35.5. The second-order valence-corrected chi connectivity index (χ2v) is 6.56. The zero-order valence-corrected chi connectivity index (χ0v) is 12.4. The molecule has 0 heterocycles. The fraction of sp³-hybridized carbons (Fsp3) is 0.500. The number of rotatable bonds is 3. The molecule has 1 amide bonds. The number of fused-ring (bicyclic) bond motifs is 1. The molecule has 2 saturated carbocycles. The van der Waals surface area contributed by atoms with E-state index in [9.17, 15) is 4.79 Å². The molecule has 0 unspecified atom stereocenters. The number of carbonyl (C=O) groups is 1. The summed E-state index contributed by atoms with van der Waals surface area (Å²) < 4.78 is 0. The molecule has 3 rings (SSSR count). The Balaban J connectivity index is 1.58. The Morgan fingerprint density at radius 2 is 2.35 bits per heavy atom. The molecular formula is C16H19ClN2O. The van der Waals surface area contributed by atoms with Crippen LogP contribution in [0.5, 0.6) is 0 Å². The molecule has 1 N–H and O–H groups in total. The molecule has 3 nitrogen and oxygen atoms in total. The van der Waals surface area contributed by atoms with Crippen LogP contribution in [0.3, 0.4) is 0 Å². The molecule has 0 aliphatic heterocycles. The average molecular weight is 291 g/mol. The lowest BCUT2D eigenvalue weighted by Crippen LogP contribution is -2.22. The minimum atomic E-state index is 0.0673. The molecular weight excluding hydrogens is 272 g/mol. The minimum Gasteiger partial charge on any atom is -0.273 e. The van der Waals surface area contributed by atoms with Crippen LogP contribution < -0.4 is 5.43 Å². The van der Waals surface area contributed by atoms with Crippen molar-refractivity contribution in [3.8, 4) is 0 Å². The number of hydrogen-bond acceptors (Lipinski definition) is 2. The molecule has 20 heavy (non-hydrogen) atoms. The van der Waals surface area contributed by atoms with Crippen LogP contribution in [0.2, 0.25) is 5.02 Å². The van der Waals surface area contributed by atoms with E-state index in [1.807, 2.05) is 24.3 Å². The number of hydrazone groups is 1. The van der Waals surface area contributed by atoms with E-state index < -0.39 is 0 Å². The van der Waals surface area contributed by atoms with Crippen molar-refractivity contribution < 1.29 is 4.79 Å². The van der Waals surface area contributed by atoms with Crippen LogP contribution in [-0.4, -0.2) is 12.1 Å². The smallest absolute Gasteiger partial charge is 0.244 e. The lowest BCUT2D eigenvalue weighted by molar-refractivity contribution is -0.123. The van der Waals surface area contributed by atoms with Crippen LogP contribution >= 0.6 is 11.6 Å². The highest BCUT2D eigenvalue weighted by Crippen LogP contribution is 2.66. The van der Waals surface area contributed by atoms with Crippen LogP contribution in [0.25, 0.3) is 0 Å². The third-order valence-corrected chi connectivity index (χ3v) is 5.09. The van der Waals surface area contributed by atoms with Gasteiger partial charge in [0, 0.05) is 10.9 Å². The topological polar surface area (TPSA) is 41.5 Å². The molecule has 2 aliphatic carbocycles. The fourth-order valence-corrected chi connectivity index (χ4v) is 3.88. The number of nitrogens with zero attached hydrogens (tertiary/aromatic N) is 1. The van der Waals surface area contributed by atoms with Crippen molar-refractivity contribution in [2.45, 2.75) is 32.6 Å². The Bertz CT molecular complexity index is 557. The molecule has 0 radical (unpaired) electrons. The Morgan fingerprint density at radius 1 is 1.50 bits per heavy atom. The molecule has 0 aromatic heterocycles. The van der Waals surface area contributed by atoms with Gasteiger partial charge in [0.1, 0.15) is 0 Å². The van der Waals surface area contributed by atoms with Gasteiger partial charge in [-0.1, -0.05) is 43.5 Å². The van der Waals surface area contributed by atoms with Gasteiger partial charge in [-0.05, 0) is 41.9 Å². The fourth-order valence-electron chi connectivity index (χ4n) is 3.68. The summed E-state index contributed by atoms with van der Waals surface area (Å²) in [7, 11) is 0. The molecule has 1 aromatic rings. The van der Waals surface area contributed by atoms with Crippen molar-refractivity contribution in [2.24, 2.45) is 22.4 Å². The average Bonchev–Trinajstić information content (AvgIpc) is 3.04. The van der Waals surface area contributed by atoms with Gasteiger partial charge in [-0.2, -0.15) is 5.10 Å². The summed E-state index contributed by atoms with van der Waals surface area (Å²) in [6.45, 7) is 2.24. The third kappa shape index (κ3) is 2.47. The van der Waals surface area contributed by atoms with Crippen molar-refractivity contribution in [3.63, 3.8) is 0 Å². The maximum atomic E-state index is 12.2. The van der Waals surface area contributed by atoms with E-state index in [1.165, 1.54) is 25.7 Å². The molecule has 1 aromatic carbocycles. The van der Waals surface area contributed by atoms with E-state index in [0.29, 0.717) is 10.9 Å². The van der Waals surface area contributed by atoms with E-state index >= 15 is 0 Å². The first kappa shape index (κ1) is 13.6. The van der Waals surface area contributed by atoms with Gasteiger partial charge in [0.2, 0.25) is 5.91 Å². The van der Waals surface area contributed by atoms with E-state index in [-0.39, 0.29) is 17.2 Å². The number of halogens is 1. The van der Waals surface area contributed by atoms with Gasteiger partial charge in [0.15, 0.2) is 0 Å². The maximum Gasteiger partial charge on any atom is 0.244 e. The molecule has 2 aliphatic rings. The van der Waals surface area contributed by atoms with E-state index in [0.717, 1.165) is 5.56 Å². The van der Waals surface area contributed by atoms with E-state index in [1.54, 1.807) is 6.21 Å². The molecule has 0 saturated heterocycles. The zero-order valence-electron chi connectivity index (χ0n) is 11.6. The lowest BCUT2D eigenvalue weighted by atomic mass is 9.90. The third-order valence-electron chi connectivity index (χ3n) is 4.85. The summed E-state index contributed by atoms with van der Waals surface area (Å²) in [5.74, 6) is 0.789. The predicted octanol–water partition coefficient (Wildman–Crippen LogP) is 3.62. The Labute approximate surface area is 124 Å². The standard InChI is InChI=1S/C16H19ClN2O/c1-16-8-3-2-7-13(16)14(16)15(20)19-18-10-11-5-4-6-12(17)9-11/h4-6,9-10,13-14H,2-3,7-8H2,1H3,(H,19,20)/b18-10-/t13-,14+,16-/m0/s1. The van der Waals surface area contributed by atoms with Gasteiger partial charge in [0.05, 0.1) is 6.21 Å². The second-order valence-electron chi connectivity index (χ2n) is 6.13. The van der Waals surface area contributed by atoms with E-state index in [2.05, 4.69) is 17.5 Å². The van der Waals surface area contributed by atoms with Crippen molar-refractivity contribution in [2.75, 3.05) is 0 Å².